The molecule has 0 aromatic carbocycles. The van der Waals surface area contributed by atoms with Crippen molar-refractivity contribution >= 4 is 0 Å². The summed E-state index contributed by atoms with van der Waals surface area (Å²) < 4.78 is 11.6. The van der Waals surface area contributed by atoms with Crippen molar-refractivity contribution < 1.29 is 9.47 Å². The van der Waals surface area contributed by atoms with E-state index in [9.17, 15) is 0 Å². The average Bonchev–Trinajstić information content (AvgIpc) is 2.39. The summed E-state index contributed by atoms with van der Waals surface area (Å²) in [6.45, 7) is 14.5. The van der Waals surface area contributed by atoms with Crippen LogP contribution in [0.25, 0.3) is 0 Å². The van der Waals surface area contributed by atoms with Gasteiger partial charge in [0.05, 0.1) is 18.8 Å². The molecule has 1 saturated heterocycles. The molecule has 1 aliphatic carbocycles. The molecule has 0 bridgehead atoms. The van der Waals surface area contributed by atoms with E-state index in [1.807, 2.05) is 0 Å². The Labute approximate surface area is 124 Å². The highest BCUT2D eigenvalue weighted by molar-refractivity contribution is 5.15. The molecular weight excluding hydrogens is 252 g/mol. The van der Waals surface area contributed by atoms with Gasteiger partial charge in [-0.25, -0.2) is 0 Å². The second-order valence-electron chi connectivity index (χ2n) is 7.16. The summed E-state index contributed by atoms with van der Waals surface area (Å²) in [7, 11) is 0. The molecule has 4 nitrogen and oxygen atoms in total. The van der Waals surface area contributed by atoms with Gasteiger partial charge in [-0.1, -0.05) is 20.8 Å². The molecule has 4 unspecified atom stereocenters. The zero-order chi connectivity index (χ0) is 15.0. The zero-order valence-corrected chi connectivity index (χ0v) is 13.8. The van der Waals surface area contributed by atoms with Crippen LogP contribution < -0.4 is 5.73 Å². The molecule has 4 heteroatoms. The van der Waals surface area contributed by atoms with E-state index in [0.29, 0.717) is 18.2 Å². The monoisotopic (exact) mass is 284 g/mol. The Morgan fingerprint density at radius 1 is 1.35 bits per heavy atom. The fraction of sp³-hybridized carbons (Fsp3) is 1.00. The smallest absolute Gasteiger partial charge is 0.0674 e. The largest absolute Gasteiger partial charge is 0.378 e. The summed E-state index contributed by atoms with van der Waals surface area (Å²) >= 11 is 0. The number of nitrogens with two attached hydrogens (primary N) is 1. The van der Waals surface area contributed by atoms with Gasteiger partial charge in [-0.05, 0) is 26.7 Å². The van der Waals surface area contributed by atoms with E-state index < -0.39 is 0 Å². The summed E-state index contributed by atoms with van der Waals surface area (Å²) in [6.07, 6.45) is 2.71. The Kier molecular flexibility index (Phi) is 4.80. The first-order chi connectivity index (χ1) is 9.34. The first-order valence-corrected chi connectivity index (χ1v) is 8.10. The summed E-state index contributed by atoms with van der Waals surface area (Å²) in [6, 6.07) is 0.508. The molecule has 2 rings (SSSR count). The van der Waals surface area contributed by atoms with Crippen molar-refractivity contribution in [2.45, 2.75) is 71.2 Å². The Bertz CT molecular complexity index is 334. The summed E-state index contributed by atoms with van der Waals surface area (Å²) in [4.78, 5) is 2.54. The second kappa shape index (κ2) is 5.91. The lowest BCUT2D eigenvalue weighted by Gasteiger charge is -2.61. The van der Waals surface area contributed by atoms with Crippen molar-refractivity contribution in [3.63, 3.8) is 0 Å². The number of morpholine rings is 1. The molecule has 0 radical (unpaired) electrons. The van der Waals surface area contributed by atoms with Gasteiger partial charge in [0.2, 0.25) is 0 Å². The number of hydrogen-bond acceptors (Lipinski definition) is 4. The van der Waals surface area contributed by atoms with E-state index in [1.165, 1.54) is 0 Å². The molecule has 0 amide bonds. The van der Waals surface area contributed by atoms with Crippen molar-refractivity contribution in [1.29, 1.82) is 0 Å². The summed E-state index contributed by atoms with van der Waals surface area (Å²) in [5, 5.41) is 0. The molecule has 1 saturated carbocycles. The van der Waals surface area contributed by atoms with Crippen LogP contribution in [0.5, 0.6) is 0 Å². The number of rotatable bonds is 5. The van der Waals surface area contributed by atoms with Crippen LogP contribution in [0, 0.1) is 5.41 Å². The van der Waals surface area contributed by atoms with E-state index in [2.05, 4.69) is 39.5 Å². The predicted molar refractivity (Wildman–Crippen MR) is 81.8 cm³/mol. The van der Waals surface area contributed by atoms with Crippen LogP contribution in [0.4, 0.5) is 0 Å². The molecule has 2 fully saturated rings. The zero-order valence-electron chi connectivity index (χ0n) is 13.8. The Morgan fingerprint density at radius 2 is 2.05 bits per heavy atom. The fourth-order valence-electron chi connectivity index (χ4n) is 3.62. The SMILES string of the molecule is CCOC1CC(N)(CN2CC(C)OCC2CC)C1(C)C. The second-order valence-corrected chi connectivity index (χ2v) is 7.16. The average molecular weight is 284 g/mol. The molecule has 20 heavy (non-hydrogen) atoms. The van der Waals surface area contributed by atoms with Crippen LogP contribution in [-0.4, -0.2) is 55.0 Å². The topological polar surface area (TPSA) is 47.7 Å². The number of ether oxygens (including phenoxy) is 2. The molecule has 0 aromatic rings. The molecule has 118 valence electrons. The van der Waals surface area contributed by atoms with Crippen LogP contribution in [0.3, 0.4) is 0 Å². The van der Waals surface area contributed by atoms with Gasteiger partial charge in [0.25, 0.3) is 0 Å². The van der Waals surface area contributed by atoms with E-state index in [1.54, 1.807) is 0 Å². The fourth-order valence-corrected chi connectivity index (χ4v) is 3.62. The van der Waals surface area contributed by atoms with E-state index in [4.69, 9.17) is 15.2 Å². The highest BCUT2D eigenvalue weighted by atomic mass is 16.5. The quantitative estimate of drug-likeness (QED) is 0.839. The normalized spacial score (nSPS) is 41.4. The standard InChI is InChI=1S/C16H32N2O2/c1-6-13-10-20-12(3)9-18(13)11-16(17)8-14(19-7-2)15(16,4)5/h12-14H,6-11,17H2,1-5H3. The van der Waals surface area contributed by atoms with Crippen molar-refractivity contribution in [2.75, 3.05) is 26.3 Å². The molecule has 1 aliphatic heterocycles. The minimum Gasteiger partial charge on any atom is -0.378 e. The predicted octanol–water partition coefficient (Wildman–Crippen LogP) is 2.02. The number of nitrogens with zero attached hydrogens (tertiary/aromatic N) is 1. The van der Waals surface area contributed by atoms with Gasteiger partial charge < -0.3 is 15.2 Å². The molecule has 2 N–H and O–H groups in total. The van der Waals surface area contributed by atoms with Crippen molar-refractivity contribution in [3.8, 4) is 0 Å². The Balaban J connectivity index is 2.01. The maximum atomic E-state index is 6.73. The van der Waals surface area contributed by atoms with Gasteiger partial charge in [-0.15, -0.1) is 0 Å². The Hall–Kier alpha value is -0.160. The van der Waals surface area contributed by atoms with Crippen LogP contribution in [-0.2, 0) is 9.47 Å². The molecule has 0 aromatic heterocycles. The molecule has 0 spiro atoms. The van der Waals surface area contributed by atoms with Gasteiger partial charge in [0.1, 0.15) is 0 Å². The van der Waals surface area contributed by atoms with E-state index >= 15 is 0 Å². The van der Waals surface area contributed by atoms with Gasteiger partial charge in [-0.2, -0.15) is 0 Å². The molecule has 1 heterocycles. The van der Waals surface area contributed by atoms with Gasteiger partial charge in [0, 0.05) is 36.7 Å². The first-order valence-electron chi connectivity index (χ1n) is 8.10. The highest BCUT2D eigenvalue weighted by Gasteiger charge is 2.59. The minimum atomic E-state index is -0.142. The van der Waals surface area contributed by atoms with E-state index in [-0.39, 0.29) is 11.0 Å². The van der Waals surface area contributed by atoms with Crippen LogP contribution in [0.15, 0.2) is 0 Å². The lowest BCUT2D eigenvalue weighted by molar-refractivity contribution is -0.167. The third-order valence-corrected chi connectivity index (χ3v) is 5.54. The van der Waals surface area contributed by atoms with Crippen molar-refractivity contribution in [1.82, 2.24) is 4.90 Å². The van der Waals surface area contributed by atoms with Crippen molar-refractivity contribution in [2.24, 2.45) is 11.1 Å². The van der Waals surface area contributed by atoms with Crippen LogP contribution in [0.2, 0.25) is 0 Å². The lowest BCUT2D eigenvalue weighted by Crippen LogP contribution is -2.74. The third kappa shape index (κ3) is 2.76. The minimum absolute atomic E-state index is 0.0445. The summed E-state index contributed by atoms with van der Waals surface area (Å²) in [5.74, 6) is 0. The van der Waals surface area contributed by atoms with Gasteiger partial charge in [-0.3, -0.25) is 4.90 Å². The van der Waals surface area contributed by atoms with Crippen molar-refractivity contribution in [3.05, 3.63) is 0 Å². The van der Waals surface area contributed by atoms with Gasteiger partial charge in [0.15, 0.2) is 0 Å². The molecule has 4 atom stereocenters. The Morgan fingerprint density at radius 3 is 2.60 bits per heavy atom. The summed E-state index contributed by atoms with van der Waals surface area (Å²) in [5.41, 5.74) is 6.63. The van der Waals surface area contributed by atoms with E-state index in [0.717, 1.165) is 39.1 Å². The van der Waals surface area contributed by atoms with Crippen LogP contribution >= 0.6 is 0 Å². The maximum Gasteiger partial charge on any atom is 0.0674 e. The lowest BCUT2D eigenvalue weighted by atomic mass is 9.54. The van der Waals surface area contributed by atoms with Crippen LogP contribution in [0.1, 0.15) is 47.5 Å². The van der Waals surface area contributed by atoms with Gasteiger partial charge >= 0.3 is 0 Å². The third-order valence-electron chi connectivity index (χ3n) is 5.54. The maximum absolute atomic E-state index is 6.73. The number of hydrogen-bond donors (Lipinski definition) is 1. The molecular formula is C16H32N2O2. The highest BCUT2D eigenvalue weighted by Crippen LogP contribution is 2.50. The first kappa shape index (κ1) is 16.2. The molecule has 2 aliphatic rings.